The molecule has 2 N–H and O–H groups in total. The lowest BCUT2D eigenvalue weighted by molar-refractivity contribution is -0.126. The fraction of sp³-hybridized carbons (Fsp3) is 0.267. The Balaban J connectivity index is 1.43. The Bertz CT molecular complexity index is 1420. The first-order valence-electron chi connectivity index (χ1n) is 13.0. The quantitative estimate of drug-likeness (QED) is 0.309. The maximum atomic E-state index is 14.0. The van der Waals surface area contributed by atoms with Gasteiger partial charge in [-0.1, -0.05) is 71.9 Å². The predicted molar refractivity (Wildman–Crippen MR) is 147 cm³/mol. The Morgan fingerprint density at radius 2 is 1.70 bits per heavy atom. The Hall–Kier alpha value is -4.70. The monoisotopic (exact) mass is 541 g/mol. The molecule has 4 aromatic rings. The standard InChI is InChI=1S/C30H31N5O5/c1-39-24-14-13-22(27(36)16-24)17-34-18-23(35-19-25(32-33-35)30(38)40-2)15-26(34)29(37)31-28(20-9-5-3-6-10-20)21-11-7-4-8-12-21/h3-14,16,19,23,26,28,36H,15,17-18H2,1-2H3,(H,31,37)/t23-,26+/m1/s1. The zero-order valence-corrected chi connectivity index (χ0v) is 22.3. The van der Waals surface area contributed by atoms with Gasteiger partial charge in [0.05, 0.1) is 38.5 Å². The summed E-state index contributed by atoms with van der Waals surface area (Å²) in [5, 5.41) is 22.0. The number of carbonyl (C=O) groups excluding carboxylic acids is 2. The Morgan fingerprint density at radius 3 is 2.30 bits per heavy atom. The van der Waals surface area contributed by atoms with Gasteiger partial charge in [0, 0.05) is 24.7 Å². The minimum atomic E-state index is -0.577. The number of esters is 1. The third-order valence-corrected chi connectivity index (χ3v) is 7.18. The number of carbonyl (C=O) groups is 2. The molecule has 3 aromatic carbocycles. The van der Waals surface area contributed by atoms with Gasteiger partial charge in [0.2, 0.25) is 5.91 Å². The second kappa shape index (κ2) is 12.0. The lowest BCUT2D eigenvalue weighted by Crippen LogP contribution is -2.44. The number of ether oxygens (including phenoxy) is 2. The van der Waals surface area contributed by atoms with E-state index in [4.69, 9.17) is 9.47 Å². The van der Waals surface area contributed by atoms with Crippen molar-refractivity contribution in [1.82, 2.24) is 25.2 Å². The average molecular weight is 542 g/mol. The fourth-order valence-electron chi connectivity index (χ4n) is 5.08. The number of phenolic OH excluding ortho intramolecular Hbond substituents is 1. The Labute approximate surface area is 232 Å². The Kier molecular flexibility index (Phi) is 8.07. The van der Waals surface area contributed by atoms with Gasteiger partial charge in [-0.2, -0.15) is 0 Å². The summed E-state index contributed by atoms with van der Waals surface area (Å²) in [6.45, 7) is 0.777. The van der Waals surface area contributed by atoms with Crippen LogP contribution in [-0.2, 0) is 16.1 Å². The molecule has 1 aliphatic heterocycles. The third-order valence-electron chi connectivity index (χ3n) is 7.18. The van der Waals surface area contributed by atoms with Crippen molar-refractivity contribution in [1.29, 1.82) is 0 Å². The SMILES string of the molecule is COC(=O)c1cn([C@@H]2C[C@@H](C(=O)NC(c3ccccc3)c3ccccc3)N(Cc3ccc(OC)cc3O)C2)nn1. The number of nitrogens with zero attached hydrogens (tertiary/aromatic N) is 4. The number of benzene rings is 3. The molecule has 10 nitrogen and oxygen atoms in total. The van der Waals surface area contributed by atoms with Crippen LogP contribution in [0.4, 0.5) is 0 Å². The minimum Gasteiger partial charge on any atom is -0.507 e. The number of aromatic hydroxyl groups is 1. The molecule has 1 amide bonds. The van der Waals surface area contributed by atoms with Crippen LogP contribution in [0, 0.1) is 0 Å². The van der Waals surface area contributed by atoms with Gasteiger partial charge >= 0.3 is 5.97 Å². The van der Waals surface area contributed by atoms with Crippen molar-refractivity contribution in [2.45, 2.75) is 31.1 Å². The molecule has 40 heavy (non-hydrogen) atoms. The molecule has 2 heterocycles. The molecule has 0 saturated carbocycles. The van der Waals surface area contributed by atoms with E-state index >= 15 is 0 Å². The molecule has 1 fully saturated rings. The third kappa shape index (κ3) is 5.81. The van der Waals surface area contributed by atoms with Crippen molar-refractivity contribution < 1.29 is 24.2 Å². The van der Waals surface area contributed by atoms with E-state index in [1.807, 2.05) is 65.6 Å². The number of hydrogen-bond acceptors (Lipinski definition) is 8. The summed E-state index contributed by atoms with van der Waals surface area (Å²) >= 11 is 0. The lowest BCUT2D eigenvalue weighted by atomic mass is 9.98. The lowest BCUT2D eigenvalue weighted by Gasteiger charge is -2.27. The van der Waals surface area contributed by atoms with Crippen LogP contribution >= 0.6 is 0 Å². The van der Waals surface area contributed by atoms with Gasteiger partial charge < -0.3 is 19.9 Å². The summed E-state index contributed by atoms with van der Waals surface area (Å²) in [7, 11) is 2.83. The largest absolute Gasteiger partial charge is 0.507 e. The number of nitrogens with one attached hydrogen (secondary N) is 1. The molecule has 0 aliphatic carbocycles. The normalized spacial score (nSPS) is 17.1. The molecule has 206 valence electrons. The van der Waals surface area contributed by atoms with Crippen LogP contribution in [0.3, 0.4) is 0 Å². The predicted octanol–water partition coefficient (Wildman–Crippen LogP) is 3.50. The molecule has 1 aliphatic rings. The molecule has 0 spiro atoms. The number of amides is 1. The number of phenols is 1. The van der Waals surface area contributed by atoms with Gasteiger partial charge in [0.15, 0.2) is 5.69 Å². The summed E-state index contributed by atoms with van der Waals surface area (Å²) in [6, 6.07) is 23.7. The van der Waals surface area contributed by atoms with Gasteiger partial charge in [0.25, 0.3) is 0 Å². The van der Waals surface area contributed by atoms with E-state index in [0.717, 1.165) is 11.1 Å². The number of rotatable bonds is 9. The van der Waals surface area contributed by atoms with E-state index in [-0.39, 0.29) is 29.4 Å². The summed E-state index contributed by atoms with van der Waals surface area (Å²) in [4.78, 5) is 27.9. The molecule has 5 rings (SSSR count). The fourth-order valence-corrected chi connectivity index (χ4v) is 5.08. The molecular weight excluding hydrogens is 510 g/mol. The molecule has 2 atom stereocenters. The molecule has 0 radical (unpaired) electrons. The zero-order chi connectivity index (χ0) is 28.1. The second-order valence-electron chi connectivity index (χ2n) is 9.67. The molecule has 1 aromatic heterocycles. The average Bonchev–Trinajstić information content (AvgIpc) is 3.65. The summed E-state index contributed by atoms with van der Waals surface area (Å²) in [5.41, 5.74) is 2.70. The van der Waals surface area contributed by atoms with E-state index < -0.39 is 12.0 Å². The van der Waals surface area contributed by atoms with Gasteiger partial charge in [-0.25, -0.2) is 9.48 Å². The van der Waals surface area contributed by atoms with Crippen molar-refractivity contribution >= 4 is 11.9 Å². The van der Waals surface area contributed by atoms with Crippen LogP contribution in [-0.4, -0.2) is 63.7 Å². The van der Waals surface area contributed by atoms with Gasteiger partial charge in [-0.15, -0.1) is 5.10 Å². The highest BCUT2D eigenvalue weighted by molar-refractivity contribution is 5.86. The Morgan fingerprint density at radius 1 is 1.02 bits per heavy atom. The smallest absolute Gasteiger partial charge is 0.360 e. The molecule has 1 saturated heterocycles. The van der Waals surface area contributed by atoms with Crippen LogP contribution in [0.2, 0.25) is 0 Å². The molecule has 10 heteroatoms. The van der Waals surface area contributed by atoms with Crippen molar-refractivity contribution in [3.8, 4) is 11.5 Å². The number of methoxy groups -OCH3 is 2. The second-order valence-corrected chi connectivity index (χ2v) is 9.67. The highest BCUT2D eigenvalue weighted by atomic mass is 16.5. The first kappa shape index (κ1) is 26.9. The van der Waals surface area contributed by atoms with E-state index in [1.54, 1.807) is 22.9 Å². The van der Waals surface area contributed by atoms with Crippen molar-refractivity contribution in [2.24, 2.45) is 0 Å². The van der Waals surface area contributed by atoms with E-state index in [0.29, 0.717) is 30.8 Å². The van der Waals surface area contributed by atoms with Crippen molar-refractivity contribution in [3.63, 3.8) is 0 Å². The van der Waals surface area contributed by atoms with E-state index in [9.17, 15) is 14.7 Å². The van der Waals surface area contributed by atoms with Crippen LogP contribution in [0.15, 0.2) is 85.1 Å². The first-order valence-corrected chi connectivity index (χ1v) is 13.0. The topological polar surface area (TPSA) is 119 Å². The summed E-state index contributed by atoms with van der Waals surface area (Å²) < 4.78 is 11.6. The highest BCUT2D eigenvalue weighted by Gasteiger charge is 2.39. The number of hydrogen-bond donors (Lipinski definition) is 2. The van der Waals surface area contributed by atoms with Crippen LogP contribution in [0.25, 0.3) is 0 Å². The maximum Gasteiger partial charge on any atom is 0.360 e. The number of aromatic nitrogens is 3. The van der Waals surface area contributed by atoms with Gasteiger partial charge in [-0.05, 0) is 23.6 Å². The van der Waals surface area contributed by atoms with Gasteiger partial charge in [-0.3, -0.25) is 9.69 Å². The van der Waals surface area contributed by atoms with Crippen LogP contribution < -0.4 is 10.1 Å². The molecular formula is C30H31N5O5. The molecule has 0 unspecified atom stereocenters. The summed E-state index contributed by atoms with van der Waals surface area (Å²) in [5.74, 6) is -0.0999. The van der Waals surface area contributed by atoms with E-state index in [1.165, 1.54) is 20.4 Å². The highest BCUT2D eigenvalue weighted by Crippen LogP contribution is 2.33. The molecule has 0 bridgehead atoms. The van der Waals surface area contributed by atoms with Crippen LogP contribution in [0.1, 0.15) is 45.7 Å². The van der Waals surface area contributed by atoms with E-state index in [2.05, 4.69) is 15.6 Å². The van der Waals surface area contributed by atoms with Gasteiger partial charge in [0.1, 0.15) is 11.5 Å². The first-order chi connectivity index (χ1) is 19.5. The van der Waals surface area contributed by atoms with Crippen molar-refractivity contribution in [2.75, 3.05) is 20.8 Å². The van der Waals surface area contributed by atoms with Crippen LogP contribution in [0.5, 0.6) is 11.5 Å². The number of likely N-dealkylation sites (tertiary alicyclic amines) is 1. The maximum absolute atomic E-state index is 14.0. The minimum absolute atomic E-state index is 0.0853. The summed E-state index contributed by atoms with van der Waals surface area (Å²) in [6.07, 6.45) is 1.97. The van der Waals surface area contributed by atoms with Crippen molar-refractivity contribution in [3.05, 3.63) is 107 Å². The zero-order valence-electron chi connectivity index (χ0n) is 22.3.